The molecule has 1 aliphatic heterocycles. The van der Waals surface area contributed by atoms with Gasteiger partial charge in [-0.05, 0) is 107 Å². The molecule has 5 aliphatic rings. The predicted molar refractivity (Wildman–Crippen MR) is 200 cm³/mol. The third kappa shape index (κ3) is 6.40. The molecule has 14 heteroatoms. The van der Waals surface area contributed by atoms with Crippen molar-refractivity contribution in [1.29, 1.82) is 0 Å². The van der Waals surface area contributed by atoms with Crippen LogP contribution in [0.2, 0.25) is 0 Å². The Kier molecular flexibility index (Phi) is 8.72. The summed E-state index contributed by atoms with van der Waals surface area (Å²) in [5.41, 5.74) is 2.62. The van der Waals surface area contributed by atoms with E-state index in [0.717, 1.165) is 36.1 Å². The van der Waals surface area contributed by atoms with Crippen LogP contribution in [0.25, 0.3) is 16.7 Å². The van der Waals surface area contributed by atoms with Gasteiger partial charge in [0.15, 0.2) is 5.65 Å². The molecule has 2 atom stereocenters. The fourth-order valence-corrected chi connectivity index (χ4v) is 9.18. The molecule has 5 fully saturated rings. The fraction of sp³-hybridized carbons (Fsp3) is 0.474. The van der Waals surface area contributed by atoms with E-state index < -0.39 is 0 Å². The SMILES string of the molecule is COc1nc(N2CCN(C(=O)NC34CC5CC(CC3C5)C4)CC2)ccc1Nc1ncc2c(C)cc(=O)n(-c3cccc(NC(=O)CN(C)C)c3)c2n1. The van der Waals surface area contributed by atoms with E-state index in [1.165, 1.54) is 23.8 Å². The van der Waals surface area contributed by atoms with Gasteiger partial charge in [0.2, 0.25) is 17.7 Å². The van der Waals surface area contributed by atoms with Gasteiger partial charge in [0, 0.05) is 55.1 Å². The van der Waals surface area contributed by atoms with Crippen molar-refractivity contribution in [2.45, 2.75) is 44.6 Å². The minimum absolute atomic E-state index is 0.0283. The number of ether oxygens (including phenoxy) is 1. The Bertz CT molecular complexity index is 2080. The van der Waals surface area contributed by atoms with Crippen molar-refractivity contribution >= 4 is 46.1 Å². The largest absolute Gasteiger partial charge is 0.479 e. The van der Waals surface area contributed by atoms with Gasteiger partial charge in [-0.25, -0.2) is 9.78 Å². The lowest BCUT2D eigenvalue weighted by Crippen LogP contribution is -2.58. The van der Waals surface area contributed by atoms with E-state index in [1.807, 2.05) is 38.1 Å². The van der Waals surface area contributed by atoms with Crippen LogP contribution in [-0.2, 0) is 4.79 Å². The van der Waals surface area contributed by atoms with Crippen LogP contribution in [0.3, 0.4) is 0 Å². The third-order valence-corrected chi connectivity index (χ3v) is 11.3. The maximum atomic E-state index is 13.4. The maximum Gasteiger partial charge on any atom is 0.317 e. The molecule has 0 spiro atoms. The first kappa shape index (κ1) is 33.9. The summed E-state index contributed by atoms with van der Waals surface area (Å²) >= 11 is 0. The number of methoxy groups -OCH3 is 1. The molecule has 9 rings (SSSR count). The Hall–Kier alpha value is -5.24. The monoisotopic (exact) mass is 706 g/mol. The predicted octanol–water partition coefficient (Wildman–Crippen LogP) is 4.15. The molecule has 14 nitrogen and oxygen atoms in total. The summed E-state index contributed by atoms with van der Waals surface area (Å²) in [6, 6.07) is 12.5. The molecule has 4 saturated carbocycles. The minimum Gasteiger partial charge on any atom is -0.479 e. The van der Waals surface area contributed by atoms with Crippen molar-refractivity contribution in [2.24, 2.45) is 17.8 Å². The van der Waals surface area contributed by atoms with Crippen molar-refractivity contribution in [1.82, 2.24) is 34.6 Å². The zero-order valence-corrected chi connectivity index (χ0v) is 30.2. The summed E-state index contributed by atoms with van der Waals surface area (Å²) in [7, 11) is 5.21. The Labute approximate surface area is 302 Å². The number of nitrogens with one attached hydrogen (secondary N) is 3. The highest BCUT2D eigenvalue weighted by Crippen LogP contribution is 2.60. The molecule has 3 aromatic heterocycles. The molecule has 272 valence electrons. The Morgan fingerprint density at radius 1 is 1.00 bits per heavy atom. The van der Waals surface area contributed by atoms with Crippen molar-refractivity contribution in [3.05, 3.63) is 64.6 Å². The van der Waals surface area contributed by atoms with E-state index in [-0.39, 0.29) is 35.5 Å². The zero-order valence-electron chi connectivity index (χ0n) is 30.2. The molecule has 1 aromatic carbocycles. The van der Waals surface area contributed by atoms with E-state index in [9.17, 15) is 14.4 Å². The van der Waals surface area contributed by atoms with Crippen LogP contribution >= 0.6 is 0 Å². The first-order valence-corrected chi connectivity index (χ1v) is 18.2. The second-order valence-electron chi connectivity index (χ2n) is 15.2. The number of likely N-dealkylation sites (N-methyl/N-ethyl adjacent to an activating group) is 1. The van der Waals surface area contributed by atoms with Gasteiger partial charge in [0.25, 0.3) is 5.56 Å². The van der Waals surface area contributed by atoms with Gasteiger partial charge < -0.3 is 35.4 Å². The second kappa shape index (κ2) is 13.4. The van der Waals surface area contributed by atoms with Crippen LogP contribution in [-0.4, -0.2) is 101 Å². The van der Waals surface area contributed by atoms with Crippen LogP contribution in [0.1, 0.15) is 37.7 Å². The van der Waals surface area contributed by atoms with E-state index in [2.05, 4.69) is 25.8 Å². The average molecular weight is 707 g/mol. The molecule has 0 radical (unpaired) electrons. The van der Waals surface area contributed by atoms with Crippen LogP contribution < -0.4 is 31.1 Å². The summed E-state index contributed by atoms with van der Waals surface area (Å²) in [5.74, 6) is 3.48. The number of pyridine rings is 2. The molecular weight excluding hydrogens is 660 g/mol. The fourth-order valence-electron chi connectivity index (χ4n) is 9.18. The summed E-state index contributed by atoms with van der Waals surface area (Å²) in [6.45, 7) is 4.67. The van der Waals surface area contributed by atoms with E-state index in [0.29, 0.717) is 66.1 Å². The number of aromatic nitrogens is 4. The van der Waals surface area contributed by atoms with Gasteiger partial charge in [-0.3, -0.25) is 14.2 Å². The normalized spacial score (nSPS) is 23.4. The number of amides is 3. The topological polar surface area (TPSA) is 150 Å². The smallest absolute Gasteiger partial charge is 0.317 e. The number of piperazine rings is 1. The first-order chi connectivity index (χ1) is 25.1. The Morgan fingerprint density at radius 3 is 2.50 bits per heavy atom. The molecule has 4 bridgehead atoms. The van der Waals surface area contributed by atoms with Gasteiger partial charge in [0.05, 0.1) is 19.3 Å². The number of fused-ring (bicyclic) bond motifs is 1. The lowest BCUT2D eigenvalue weighted by molar-refractivity contribution is -0.116. The zero-order chi connectivity index (χ0) is 36.1. The number of carbonyl (C=O) groups excluding carboxylic acids is 2. The van der Waals surface area contributed by atoms with Gasteiger partial charge in [-0.2, -0.15) is 9.97 Å². The molecule has 1 saturated heterocycles. The maximum absolute atomic E-state index is 13.4. The second-order valence-corrected chi connectivity index (χ2v) is 15.2. The molecule has 4 aromatic rings. The first-order valence-electron chi connectivity index (χ1n) is 18.2. The molecule has 3 amide bonds. The van der Waals surface area contributed by atoms with Crippen LogP contribution in [0, 0.1) is 24.7 Å². The van der Waals surface area contributed by atoms with Gasteiger partial charge in [-0.15, -0.1) is 0 Å². The van der Waals surface area contributed by atoms with Crippen LogP contribution in [0.4, 0.5) is 27.9 Å². The van der Waals surface area contributed by atoms with Crippen molar-refractivity contribution in [3.63, 3.8) is 0 Å². The van der Waals surface area contributed by atoms with Gasteiger partial charge in [0.1, 0.15) is 11.5 Å². The number of benzene rings is 1. The van der Waals surface area contributed by atoms with Crippen molar-refractivity contribution < 1.29 is 14.3 Å². The Morgan fingerprint density at radius 2 is 1.77 bits per heavy atom. The average Bonchev–Trinajstić information content (AvgIpc) is 3.49. The minimum atomic E-state index is -0.259. The molecule has 2 unspecified atom stereocenters. The lowest BCUT2D eigenvalue weighted by Gasteiger charge is -2.39. The number of nitrogens with zero attached hydrogens (tertiary/aromatic N) is 7. The van der Waals surface area contributed by atoms with Gasteiger partial charge >= 0.3 is 6.03 Å². The molecular formula is C38H46N10O4. The molecule has 4 aliphatic carbocycles. The highest BCUT2D eigenvalue weighted by atomic mass is 16.5. The molecule has 52 heavy (non-hydrogen) atoms. The summed E-state index contributed by atoms with van der Waals surface area (Å²) in [5, 5.41) is 10.3. The summed E-state index contributed by atoms with van der Waals surface area (Å²) in [6.07, 6.45) is 7.91. The number of anilines is 4. The molecule has 3 N–H and O–H groups in total. The Balaban J connectivity index is 0.974. The van der Waals surface area contributed by atoms with Gasteiger partial charge in [-0.1, -0.05) is 6.07 Å². The lowest BCUT2D eigenvalue weighted by atomic mass is 9.80. The highest BCUT2D eigenvalue weighted by Gasteiger charge is 2.58. The highest BCUT2D eigenvalue weighted by molar-refractivity contribution is 5.92. The van der Waals surface area contributed by atoms with Crippen molar-refractivity contribution in [3.8, 4) is 11.6 Å². The standard InChI is InChI=1S/C38H46N10O4/c1-23-14-33(50)48(28-7-5-6-27(18-28)40-32(49)22-45(2)3)34-29(23)21-39-36(43-34)41-30-8-9-31(42-35(30)52-4)46-10-12-47(13-11-46)37(51)44-38-19-24-15-25(20-38)17-26(38)16-24/h5-9,14,18,21,24-26H,10-13,15-17,19-20,22H2,1-4H3,(H,40,49)(H,44,51)(H,39,41,43). The van der Waals surface area contributed by atoms with Crippen LogP contribution in [0.5, 0.6) is 5.88 Å². The quantitative estimate of drug-likeness (QED) is 0.232. The molecule has 4 heterocycles. The van der Waals surface area contributed by atoms with Crippen molar-refractivity contribution in [2.75, 3.05) is 69.5 Å². The number of aryl methyl sites for hydroxylation is 1. The number of hydrogen-bond donors (Lipinski definition) is 3. The summed E-state index contributed by atoms with van der Waals surface area (Å²) in [4.78, 5) is 59.3. The number of hydrogen-bond acceptors (Lipinski definition) is 10. The number of urea groups is 1. The number of carbonyl (C=O) groups is 2. The van der Waals surface area contributed by atoms with E-state index >= 15 is 0 Å². The van der Waals surface area contributed by atoms with E-state index in [1.54, 1.807) is 48.5 Å². The number of rotatable bonds is 9. The summed E-state index contributed by atoms with van der Waals surface area (Å²) < 4.78 is 7.21. The van der Waals surface area contributed by atoms with E-state index in [4.69, 9.17) is 14.7 Å². The third-order valence-electron chi connectivity index (χ3n) is 11.3. The van der Waals surface area contributed by atoms with Crippen LogP contribution in [0.15, 0.2) is 53.5 Å².